The molecule has 0 bridgehead atoms. The van der Waals surface area contributed by atoms with Gasteiger partial charge in [0.1, 0.15) is 0 Å². The first-order valence-corrected chi connectivity index (χ1v) is 29.8. The van der Waals surface area contributed by atoms with E-state index in [9.17, 15) is 0 Å². The lowest BCUT2D eigenvalue weighted by Gasteiger charge is -2.09. The van der Waals surface area contributed by atoms with Gasteiger partial charge in [0.15, 0.2) is 0 Å². The zero-order chi connectivity index (χ0) is 52.9. The van der Waals surface area contributed by atoms with E-state index < -0.39 is 0 Å². The number of aliphatic hydroxyl groups is 1. The average molecular weight is 1070 g/mol. The summed E-state index contributed by atoms with van der Waals surface area (Å²) < 4.78 is 82.4. The Bertz CT molecular complexity index is 986. The Kier molecular flexibility index (Phi) is 71.2. The van der Waals surface area contributed by atoms with Crippen molar-refractivity contribution in [3.63, 3.8) is 0 Å². The van der Waals surface area contributed by atoms with Crippen LogP contribution in [0.2, 0.25) is 0 Å². The second-order valence-corrected chi connectivity index (χ2v) is 18.4. The second kappa shape index (κ2) is 72.1. The number of allylic oxidation sites excluding steroid dienone is 2. The van der Waals surface area contributed by atoms with Crippen molar-refractivity contribution >= 4 is 0 Å². The van der Waals surface area contributed by atoms with Crippen LogP contribution in [0.15, 0.2) is 12.2 Å². The minimum absolute atomic E-state index is 0.0234. The number of rotatable bonds is 70. The first-order valence-electron chi connectivity index (χ1n) is 29.8. The van der Waals surface area contributed by atoms with Crippen LogP contribution in [0.3, 0.4) is 0 Å². The standard InChI is InChI=1S/C58H116O16/c1-2-3-4-5-6-7-8-9-10-11-12-13-14-15-16-17-18-19-20-21-22-23-24-25-26-27-29-60-31-33-62-35-37-64-39-41-66-43-45-68-47-49-70-51-53-72-55-57-74-58-56-73-54-52-71-50-48-69-46-44-67-42-40-65-38-36-63-34-32-61-30-28-59/h19-20,59H,2-18,21-58H2,1H3/b20-19+. The molecule has 0 aromatic heterocycles. The van der Waals surface area contributed by atoms with Gasteiger partial charge in [-0.05, 0) is 32.1 Å². The van der Waals surface area contributed by atoms with Crippen LogP contribution < -0.4 is 0 Å². The molecule has 0 spiro atoms. The predicted octanol–water partition coefficient (Wildman–Crippen LogP) is 10.2. The Balaban J connectivity index is 3.10. The first kappa shape index (κ1) is 73.1. The molecule has 0 fully saturated rings. The van der Waals surface area contributed by atoms with Crippen molar-refractivity contribution in [2.24, 2.45) is 0 Å². The lowest BCUT2D eigenvalue weighted by Crippen LogP contribution is -2.15. The Morgan fingerprint density at radius 3 is 0.554 bits per heavy atom. The van der Waals surface area contributed by atoms with Gasteiger partial charge in [-0.2, -0.15) is 0 Å². The Morgan fingerprint density at radius 1 is 0.189 bits per heavy atom. The van der Waals surface area contributed by atoms with E-state index in [1.165, 1.54) is 148 Å². The maximum Gasteiger partial charge on any atom is 0.0701 e. The van der Waals surface area contributed by atoms with Gasteiger partial charge in [0.25, 0.3) is 0 Å². The molecule has 16 heteroatoms. The van der Waals surface area contributed by atoms with E-state index >= 15 is 0 Å². The molecule has 0 aliphatic heterocycles. The molecule has 0 aromatic rings. The minimum atomic E-state index is 0.0234. The van der Waals surface area contributed by atoms with Crippen molar-refractivity contribution in [2.45, 2.75) is 161 Å². The Hall–Kier alpha value is -0.900. The maximum atomic E-state index is 8.61. The van der Waals surface area contributed by atoms with E-state index in [4.69, 9.17) is 76.2 Å². The lowest BCUT2D eigenvalue weighted by atomic mass is 10.0. The molecule has 0 saturated carbocycles. The monoisotopic (exact) mass is 1070 g/mol. The highest BCUT2D eigenvalue weighted by Gasteiger charge is 2.00. The number of ether oxygens (including phenoxy) is 15. The molecule has 0 unspecified atom stereocenters. The third kappa shape index (κ3) is 71.1. The molecule has 74 heavy (non-hydrogen) atoms. The highest BCUT2D eigenvalue weighted by atomic mass is 16.6. The summed E-state index contributed by atoms with van der Waals surface area (Å²) in [6.45, 7) is 17.9. The zero-order valence-electron chi connectivity index (χ0n) is 47.6. The molecule has 0 heterocycles. The van der Waals surface area contributed by atoms with Gasteiger partial charge in [0, 0.05) is 6.61 Å². The van der Waals surface area contributed by atoms with E-state index in [-0.39, 0.29) is 6.61 Å². The molecule has 0 saturated heterocycles. The van der Waals surface area contributed by atoms with Gasteiger partial charge in [-0.1, -0.05) is 141 Å². The SMILES string of the molecule is CCCCCCCCCCCCCCCCCC/C=C/CCCCCCCCOCCOCCOCCOCCOCCOCCOCCOCCOCCOCCOCCOCCOCCOCCOCCO. The quantitative estimate of drug-likeness (QED) is 0.0453. The normalized spacial score (nSPS) is 11.9. The summed E-state index contributed by atoms with van der Waals surface area (Å²) in [6, 6.07) is 0. The molecule has 0 amide bonds. The minimum Gasteiger partial charge on any atom is -0.394 e. The predicted molar refractivity (Wildman–Crippen MR) is 295 cm³/mol. The van der Waals surface area contributed by atoms with Gasteiger partial charge in [-0.3, -0.25) is 0 Å². The highest BCUT2D eigenvalue weighted by Crippen LogP contribution is 2.14. The molecule has 0 radical (unpaired) electrons. The van der Waals surface area contributed by atoms with Crippen LogP contribution in [0.25, 0.3) is 0 Å². The molecule has 0 aliphatic rings. The summed E-state index contributed by atoms with van der Waals surface area (Å²) in [5.74, 6) is 0. The third-order valence-corrected chi connectivity index (χ3v) is 11.7. The lowest BCUT2D eigenvalue weighted by molar-refractivity contribution is -0.0301. The summed E-state index contributed by atoms with van der Waals surface area (Å²) in [7, 11) is 0. The molecule has 444 valence electrons. The van der Waals surface area contributed by atoms with E-state index in [0.29, 0.717) is 192 Å². The average Bonchev–Trinajstić information content (AvgIpc) is 3.41. The maximum absolute atomic E-state index is 8.61. The molecule has 16 nitrogen and oxygen atoms in total. The van der Waals surface area contributed by atoms with E-state index in [2.05, 4.69) is 19.1 Å². The molecule has 0 aliphatic carbocycles. The largest absolute Gasteiger partial charge is 0.394 e. The van der Waals surface area contributed by atoms with Gasteiger partial charge < -0.3 is 76.2 Å². The number of aliphatic hydroxyl groups excluding tert-OH is 1. The smallest absolute Gasteiger partial charge is 0.0701 e. The van der Waals surface area contributed by atoms with Crippen LogP contribution in [-0.4, -0.2) is 210 Å². The topological polar surface area (TPSA) is 159 Å². The van der Waals surface area contributed by atoms with Crippen molar-refractivity contribution < 1.29 is 76.2 Å². The molecule has 0 rings (SSSR count). The van der Waals surface area contributed by atoms with E-state index in [1.807, 2.05) is 0 Å². The van der Waals surface area contributed by atoms with Gasteiger partial charge >= 0.3 is 0 Å². The van der Waals surface area contributed by atoms with Gasteiger partial charge in [0.05, 0.1) is 198 Å². The van der Waals surface area contributed by atoms with Crippen molar-refractivity contribution in [2.75, 3.05) is 205 Å². The van der Waals surface area contributed by atoms with Crippen LogP contribution in [0, 0.1) is 0 Å². The van der Waals surface area contributed by atoms with Gasteiger partial charge in [-0.25, -0.2) is 0 Å². The highest BCUT2D eigenvalue weighted by molar-refractivity contribution is 4.81. The summed E-state index contributed by atoms with van der Waals surface area (Å²) in [5, 5.41) is 8.61. The summed E-state index contributed by atoms with van der Waals surface area (Å²) in [4.78, 5) is 0. The second-order valence-electron chi connectivity index (χ2n) is 18.4. The molecular formula is C58H116O16. The van der Waals surface area contributed by atoms with Crippen LogP contribution >= 0.6 is 0 Å². The molecule has 0 atom stereocenters. The van der Waals surface area contributed by atoms with Crippen molar-refractivity contribution in [3.05, 3.63) is 12.2 Å². The van der Waals surface area contributed by atoms with Crippen LogP contribution in [0.1, 0.15) is 161 Å². The van der Waals surface area contributed by atoms with Crippen molar-refractivity contribution in [1.82, 2.24) is 0 Å². The molecule has 0 aromatic carbocycles. The Labute approximate surface area is 452 Å². The van der Waals surface area contributed by atoms with Gasteiger partial charge in [-0.15, -0.1) is 0 Å². The van der Waals surface area contributed by atoms with E-state index in [1.54, 1.807) is 0 Å². The third-order valence-electron chi connectivity index (χ3n) is 11.7. The fraction of sp³-hybridized carbons (Fsp3) is 0.966. The van der Waals surface area contributed by atoms with E-state index in [0.717, 1.165) is 13.0 Å². The molecule has 1 N–H and O–H groups in total. The van der Waals surface area contributed by atoms with Crippen LogP contribution in [0.4, 0.5) is 0 Å². The first-order chi connectivity index (χ1) is 36.9. The zero-order valence-corrected chi connectivity index (χ0v) is 47.6. The summed E-state index contributed by atoms with van der Waals surface area (Å²) in [6.07, 6.45) is 38.0. The van der Waals surface area contributed by atoms with Gasteiger partial charge in [0.2, 0.25) is 0 Å². The van der Waals surface area contributed by atoms with Crippen molar-refractivity contribution in [1.29, 1.82) is 0 Å². The Morgan fingerprint density at radius 2 is 0.351 bits per heavy atom. The van der Waals surface area contributed by atoms with Crippen LogP contribution in [0.5, 0.6) is 0 Å². The fourth-order valence-electron chi connectivity index (χ4n) is 7.46. The number of unbranched alkanes of at least 4 members (excludes halogenated alkanes) is 22. The van der Waals surface area contributed by atoms with Crippen LogP contribution in [-0.2, 0) is 71.1 Å². The van der Waals surface area contributed by atoms with Crippen molar-refractivity contribution in [3.8, 4) is 0 Å². The fourth-order valence-corrected chi connectivity index (χ4v) is 7.46. The molecular weight excluding hydrogens is 953 g/mol. The number of hydrogen-bond donors (Lipinski definition) is 1. The summed E-state index contributed by atoms with van der Waals surface area (Å²) in [5.41, 5.74) is 0. The summed E-state index contributed by atoms with van der Waals surface area (Å²) >= 11 is 0. The number of hydrogen-bond acceptors (Lipinski definition) is 16.